The van der Waals surface area contributed by atoms with Gasteiger partial charge in [-0.05, 0) is 13.8 Å². The third-order valence-corrected chi connectivity index (χ3v) is 2.07. The van der Waals surface area contributed by atoms with Gasteiger partial charge in [-0.2, -0.15) is 0 Å². The highest BCUT2D eigenvalue weighted by molar-refractivity contribution is 9.09. The van der Waals surface area contributed by atoms with Crippen molar-refractivity contribution in [3.05, 3.63) is 12.7 Å². The molecule has 0 aliphatic carbocycles. The predicted octanol–water partition coefficient (Wildman–Crippen LogP) is 2.68. The molecule has 2 atom stereocenters. The summed E-state index contributed by atoms with van der Waals surface area (Å²) in [4.78, 5) is -0.160. The topological polar surface area (TPSA) is 0 Å². The summed E-state index contributed by atoms with van der Waals surface area (Å²) < 4.78 is 12.8. The second kappa shape index (κ2) is 2.62. The molecule has 0 radical (unpaired) electrons. The molecule has 0 aromatic heterocycles. The van der Waals surface area contributed by atoms with Crippen molar-refractivity contribution in [2.75, 3.05) is 0 Å². The lowest BCUT2D eigenvalue weighted by molar-refractivity contribution is 0.261. The molecule has 0 aliphatic heterocycles. The van der Waals surface area contributed by atoms with Gasteiger partial charge in [0.2, 0.25) is 0 Å². The van der Waals surface area contributed by atoms with Gasteiger partial charge in [-0.1, -0.05) is 28.6 Å². The van der Waals surface area contributed by atoms with E-state index in [-0.39, 0.29) is 4.83 Å². The Labute approximate surface area is 57.9 Å². The molecule has 0 amide bonds. The zero-order valence-electron chi connectivity index (χ0n) is 5.12. The average Bonchev–Trinajstić information content (AvgIpc) is 1.67. The molecule has 2 unspecified atom stereocenters. The van der Waals surface area contributed by atoms with Crippen molar-refractivity contribution in [3.8, 4) is 0 Å². The van der Waals surface area contributed by atoms with Crippen LogP contribution in [0.4, 0.5) is 4.39 Å². The van der Waals surface area contributed by atoms with Gasteiger partial charge >= 0.3 is 0 Å². The van der Waals surface area contributed by atoms with Crippen LogP contribution in [0.1, 0.15) is 13.8 Å². The van der Waals surface area contributed by atoms with E-state index in [4.69, 9.17) is 0 Å². The second-order valence-corrected chi connectivity index (χ2v) is 3.34. The molecule has 0 saturated carbocycles. The van der Waals surface area contributed by atoms with Crippen LogP contribution in [0.5, 0.6) is 0 Å². The predicted molar refractivity (Wildman–Crippen MR) is 38.1 cm³/mol. The largest absolute Gasteiger partial charge is 0.238 e. The number of hydrogen-bond donors (Lipinski definition) is 0. The minimum atomic E-state index is -1.28. The Hall–Kier alpha value is 0.150. The zero-order valence-corrected chi connectivity index (χ0v) is 6.70. The van der Waals surface area contributed by atoms with E-state index in [1.165, 1.54) is 13.0 Å². The van der Waals surface area contributed by atoms with Crippen LogP contribution in [0, 0.1) is 0 Å². The monoisotopic (exact) mass is 180 g/mol. The van der Waals surface area contributed by atoms with E-state index >= 15 is 0 Å². The molecule has 0 nitrogen and oxygen atoms in total. The van der Waals surface area contributed by atoms with E-state index in [2.05, 4.69) is 22.5 Å². The normalized spacial score (nSPS) is 21.5. The fraction of sp³-hybridized carbons (Fsp3) is 0.667. The maximum Gasteiger partial charge on any atom is 0.138 e. The lowest BCUT2D eigenvalue weighted by atomic mass is 10.1. The van der Waals surface area contributed by atoms with Crippen LogP contribution in [-0.2, 0) is 0 Å². The van der Waals surface area contributed by atoms with E-state index in [0.717, 1.165) is 0 Å². The SMILES string of the molecule is C=CC(C)(F)C(C)Br. The molecule has 0 fully saturated rings. The quantitative estimate of drug-likeness (QED) is 0.453. The van der Waals surface area contributed by atoms with Crippen LogP contribution in [0.25, 0.3) is 0 Å². The van der Waals surface area contributed by atoms with E-state index in [0.29, 0.717) is 0 Å². The summed E-state index contributed by atoms with van der Waals surface area (Å²) in [5, 5.41) is 0. The summed E-state index contributed by atoms with van der Waals surface area (Å²) in [6.07, 6.45) is 1.30. The molecular weight excluding hydrogens is 171 g/mol. The fourth-order valence-electron chi connectivity index (χ4n) is 0.162. The maximum absolute atomic E-state index is 12.8. The van der Waals surface area contributed by atoms with Crippen molar-refractivity contribution < 1.29 is 4.39 Å². The summed E-state index contributed by atoms with van der Waals surface area (Å²) in [6, 6.07) is 0. The smallest absolute Gasteiger partial charge is 0.138 e. The molecule has 0 aliphatic rings. The van der Waals surface area contributed by atoms with Crippen LogP contribution in [0.3, 0.4) is 0 Å². The minimum Gasteiger partial charge on any atom is -0.238 e. The van der Waals surface area contributed by atoms with Crippen molar-refractivity contribution >= 4 is 15.9 Å². The molecule has 48 valence electrons. The van der Waals surface area contributed by atoms with Crippen molar-refractivity contribution in [2.45, 2.75) is 24.3 Å². The highest BCUT2D eigenvalue weighted by Gasteiger charge is 2.23. The van der Waals surface area contributed by atoms with Crippen LogP contribution >= 0.6 is 15.9 Å². The molecule has 0 aromatic rings. The average molecular weight is 181 g/mol. The molecule has 0 spiro atoms. The van der Waals surface area contributed by atoms with Gasteiger partial charge in [0.1, 0.15) is 5.67 Å². The molecular formula is C6H10BrF. The maximum atomic E-state index is 12.8. The summed E-state index contributed by atoms with van der Waals surface area (Å²) >= 11 is 3.11. The summed E-state index contributed by atoms with van der Waals surface area (Å²) in [7, 11) is 0. The van der Waals surface area contributed by atoms with Gasteiger partial charge < -0.3 is 0 Å². The molecule has 0 N–H and O–H groups in total. The number of alkyl halides is 2. The van der Waals surface area contributed by atoms with Gasteiger partial charge in [0, 0.05) is 4.83 Å². The van der Waals surface area contributed by atoms with Crippen LogP contribution in [-0.4, -0.2) is 10.5 Å². The van der Waals surface area contributed by atoms with Crippen molar-refractivity contribution in [3.63, 3.8) is 0 Å². The Morgan fingerprint density at radius 3 is 2.25 bits per heavy atom. The van der Waals surface area contributed by atoms with Gasteiger partial charge in [-0.3, -0.25) is 0 Å². The Kier molecular flexibility index (Phi) is 2.67. The summed E-state index contributed by atoms with van der Waals surface area (Å²) in [6.45, 7) is 6.59. The zero-order chi connectivity index (χ0) is 6.78. The molecule has 2 heteroatoms. The van der Waals surface area contributed by atoms with Crippen LogP contribution < -0.4 is 0 Å². The molecule has 0 heterocycles. The third-order valence-electron chi connectivity index (χ3n) is 1.18. The van der Waals surface area contributed by atoms with Gasteiger partial charge in [0.05, 0.1) is 0 Å². The molecule has 0 rings (SSSR count). The van der Waals surface area contributed by atoms with E-state index < -0.39 is 5.67 Å². The van der Waals surface area contributed by atoms with Gasteiger partial charge in [-0.15, -0.1) is 0 Å². The van der Waals surface area contributed by atoms with Gasteiger partial charge in [-0.25, -0.2) is 4.39 Å². The Balaban J connectivity index is 3.90. The first-order valence-corrected chi connectivity index (χ1v) is 3.39. The second-order valence-electron chi connectivity index (χ2n) is 1.97. The first kappa shape index (κ1) is 8.15. The number of allylic oxidation sites excluding steroid dienone is 1. The highest BCUT2D eigenvalue weighted by atomic mass is 79.9. The molecule has 8 heavy (non-hydrogen) atoms. The van der Waals surface area contributed by atoms with Crippen LogP contribution in [0.15, 0.2) is 12.7 Å². The third kappa shape index (κ3) is 1.95. The minimum absolute atomic E-state index is 0.160. The number of rotatable bonds is 2. The number of halogens is 2. The van der Waals surface area contributed by atoms with Crippen molar-refractivity contribution in [1.82, 2.24) is 0 Å². The standard InChI is InChI=1S/C6H10BrF/c1-4-6(3,8)5(2)7/h4-5H,1H2,2-3H3. The molecule has 0 bridgehead atoms. The first-order chi connectivity index (χ1) is 3.50. The lowest BCUT2D eigenvalue weighted by Crippen LogP contribution is -2.24. The Bertz CT molecular complexity index is 86.5. The van der Waals surface area contributed by atoms with Crippen LogP contribution in [0.2, 0.25) is 0 Å². The lowest BCUT2D eigenvalue weighted by Gasteiger charge is -2.17. The van der Waals surface area contributed by atoms with E-state index in [1.807, 2.05) is 0 Å². The Morgan fingerprint density at radius 1 is 1.88 bits per heavy atom. The van der Waals surface area contributed by atoms with Crippen molar-refractivity contribution in [2.24, 2.45) is 0 Å². The van der Waals surface area contributed by atoms with E-state index in [1.54, 1.807) is 6.92 Å². The van der Waals surface area contributed by atoms with Gasteiger partial charge in [0.25, 0.3) is 0 Å². The number of hydrogen-bond acceptors (Lipinski definition) is 0. The van der Waals surface area contributed by atoms with E-state index in [9.17, 15) is 4.39 Å². The molecule has 0 saturated heterocycles. The fourth-order valence-corrected chi connectivity index (χ4v) is 0.349. The molecule has 0 aromatic carbocycles. The van der Waals surface area contributed by atoms with Crippen molar-refractivity contribution in [1.29, 1.82) is 0 Å². The Morgan fingerprint density at radius 2 is 2.25 bits per heavy atom. The summed E-state index contributed by atoms with van der Waals surface area (Å²) in [5.74, 6) is 0. The van der Waals surface area contributed by atoms with Gasteiger partial charge in [0.15, 0.2) is 0 Å². The first-order valence-electron chi connectivity index (χ1n) is 2.47. The highest BCUT2D eigenvalue weighted by Crippen LogP contribution is 2.22. The summed E-state index contributed by atoms with van der Waals surface area (Å²) in [5.41, 5.74) is -1.28.